The molecule has 1 fully saturated rings. The third-order valence-corrected chi connectivity index (χ3v) is 4.74. The highest BCUT2D eigenvalue weighted by molar-refractivity contribution is 5.39. The third kappa shape index (κ3) is 4.07. The molecule has 4 rings (SSSR count). The van der Waals surface area contributed by atoms with Gasteiger partial charge in [-0.3, -0.25) is 4.98 Å². The highest BCUT2D eigenvalue weighted by Crippen LogP contribution is 2.25. The van der Waals surface area contributed by atoms with Crippen LogP contribution in [0.25, 0.3) is 5.82 Å². The lowest BCUT2D eigenvalue weighted by molar-refractivity contribution is 0.199. The fourth-order valence-corrected chi connectivity index (χ4v) is 3.42. The van der Waals surface area contributed by atoms with Crippen LogP contribution in [-0.2, 0) is 6.54 Å². The Morgan fingerprint density at radius 1 is 1.22 bits per heavy atom. The minimum Gasteiger partial charge on any atom is -0.474 e. The quantitative estimate of drug-likeness (QED) is 0.720. The van der Waals surface area contributed by atoms with Gasteiger partial charge in [-0.05, 0) is 51.7 Å². The van der Waals surface area contributed by atoms with Crippen molar-refractivity contribution in [2.24, 2.45) is 0 Å². The molecule has 3 heterocycles. The first-order valence-corrected chi connectivity index (χ1v) is 9.39. The van der Waals surface area contributed by atoms with Crippen molar-refractivity contribution in [1.29, 1.82) is 0 Å². The van der Waals surface area contributed by atoms with Crippen molar-refractivity contribution in [1.82, 2.24) is 24.7 Å². The zero-order valence-corrected chi connectivity index (χ0v) is 15.7. The van der Waals surface area contributed by atoms with Crippen LogP contribution in [0.3, 0.4) is 0 Å². The van der Waals surface area contributed by atoms with Gasteiger partial charge in [-0.1, -0.05) is 6.07 Å². The molecule has 140 valence electrons. The van der Waals surface area contributed by atoms with Gasteiger partial charge in [-0.2, -0.15) is 5.10 Å². The number of ether oxygens (including phenoxy) is 1. The van der Waals surface area contributed by atoms with E-state index in [1.807, 2.05) is 32.0 Å². The van der Waals surface area contributed by atoms with Crippen molar-refractivity contribution in [3.8, 4) is 11.7 Å². The van der Waals surface area contributed by atoms with Crippen LogP contribution < -0.4 is 10.1 Å². The fraction of sp³-hybridized carbons (Fsp3) is 0.400. The van der Waals surface area contributed by atoms with Gasteiger partial charge in [0, 0.05) is 24.0 Å². The van der Waals surface area contributed by atoms with Crippen molar-refractivity contribution < 1.29 is 4.74 Å². The van der Waals surface area contributed by atoms with E-state index in [1.54, 1.807) is 23.3 Å². The number of nitrogens with zero attached hydrogens (tertiary/aromatic N) is 5. The Hall–Kier alpha value is -2.96. The molecule has 0 atom stereocenters. The van der Waals surface area contributed by atoms with Crippen LogP contribution in [0.1, 0.15) is 42.6 Å². The van der Waals surface area contributed by atoms with E-state index in [9.17, 15) is 0 Å². The van der Waals surface area contributed by atoms with Crippen LogP contribution in [0.4, 0.5) is 5.82 Å². The minimum absolute atomic E-state index is 0.285. The van der Waals surface area contributed by atoms with Crippen LogP contribution in [0, 0.1) is 13.8 Å². The van der Waals surface area contributed by atoms with Gasteiger partial charge in [0.2, 0.25) is 5.88 Å². The lowest BCUT2D eigenvalue weighted by atomic mass is 10.2. The molecule has 3 aromatic heterocycles. The van der Waals surface area contributed by atoms with E-state index in [1.165, 1.54) is 12.8 Å². The number of pyridine rings is 1. The molecule has 0 bridgehead atoms. The van der Waals surface area contributed by atoms with Crippen LogP contribution >= 0.6 is 0 Å². The molecular formula is C20H24N6O. The smallest absolute Gasteiger partial charge is 0.218 e. The van der Waals surface area contributed by atoms with Crippen LogP contribution in [0.5, 0.6) is 5.88 Å². The summed E-state index contributed by atoms with van der Waals surface area (Å²) in [5.41, 5.74) is 3.00. The summed E-state index contributed by atoms with van der Waals surface area (Å²) in [6, 6.07) is 5.98. The van der Waals surface area contributed by atoms with E-state index in [0.29, 0.717) is 24.1 Å². The molecule has 1 aliphatic rings. The maximum Gasteiger partial charge on any atom is 0.218 e. The number of hydrogen-bond donors (Lipinski definition) is 1. The van der Waals surface area contributed by atoms with Gasteiger partial charge >= 0.3 is 0 Å². The topological polar surface area (TPSA) is 77.8 Å². The monoisotopic (exact) mass is 364 g/mol. The second-order valence-electron chi connectivity index (χ2n) is 6.95. The molecule has 27 heavy (non-hydrogen) atoms. The van der Waals surface area contributed by atoms with Crippen molar-refractivity contribution in [2.75, 3.05) is 5.32 Å². The summed E-state index contributed by atoms with van der Waals surface area (Å²) in [5.74, 6) is 2.09. The largest absolute Gasteiger partial charge is 0.474 e. The minimum atomic E-state index is 0.285. The molecule has 0 unspecified atom stereocenters. The summed E-state index contributed by atoms with van der Waals surface area (Å²) < 4.78 is 7.90. The zero-order chi connectivity index (χ0) is 18.6. The van der Waals surface area contributed by atoms with Gasteiger partial charge in [0.15, 0.2) is 5.82 Å². The van der Waals surface area contributed by atoms with Gasteiger partial charge in [0.25, 0.3) is 0 Å². The van der Waals surface area contributed by atoms with E-state index >= 15 is 0 Å². The number of nitrogens with one attached hydrogen (secondary N) is 1. The van der Waals surface area contributed by atoms with Crippen LogP contribution in [0.15, 0.2) is 36.8 Å². The molecule has 3 aromatic rings. The van der Waals surface area contributed by atoms with Crippen LogP contribution in [0.2, 0.25) is 0 Å². The number of aryl methyl sites for hydroxylation is 2. The maximum atomic E-state index is 6.11. The summed E-state index contributed by atoms with van der Waals surface area (Å²) in [6.07, 6.45) is 10.2. The van der Waals surface area contributed by atoms with Gasteiger partial charge in [-0.25, -0.2) is 14.6 Å². The molecule has 0 spiro atoms. The number of rotatable bonds is 6. The van der Waals surface area contributed by atoms with Crippen molar-refractivity contribution in [2.45, 2.75) is 52.2 Å². The second kappa shape index (κ2) is 7.73. The van der Waals surface area contributed by atoms with Gasteiger partial charge in [-0.15, -0.1) is 0 Å². The Morgan fingerprint density at radius 3 is 2.85 bits per heavy atom. The van der Waals surface area contributed by atoms with Crippen molar-refractivity contribution in [3.63, 3.8) is 0 Å². The summed E-state index contributed by atoms with van der Waals surface area (Å²) in [4.78, 5) is 13.3. The average Bonchev–Trinajstić information content (AvgIpc) is 3.30. The fourth-order valence-electron chi connectivity index (χ4n) is 3.42. The number of aromatic nitrogens is 5. The Bertz CT molecular complexity index is 916. The normalized spacial score (nSPS) is 14.4. The average molecular weight is 364 g/mol. The van der Waals surface area contributed by atoms with E-state index in [-0.39, 0.29) is 6.10 Å². The molecule has 0 saturated heterocycles. The van der Waals surface area contributed by atoms with Gasteiger partial charge < -0.3 is 10.1 Å². The highest BCUT2D eigenvalue weighted by atomic mass is 16.5. The Labute approximate surface area is 158 Å². The first-order valence-electron chi connectivity index (χ1n) is 9.39. The highest BCUT2D eigenvalue weighted by Gasteiger charge is 2.18. The first kappa shape index (κ1) is 17.5. The summed E-state index contributed by atoms with van der Waals surface area (Å²) in [7, 11) is 0. The lowest BCUT2D eigenvalue weighted by Crippen LogP contribution is -2.14. The Balaban J connectivity index is 1.48. The van der Waals surface area contributed by atoms with E-state index in [2.05, 4.69) is 25.4 Å². The molecule has 0 radical (unpaired) electrons. The number of hydrogen-bond acceptors (Lipinski definition) is 6. The maximum absolute atomic E-state index is 6.11. The van der Waals surface area contributed by atoms with Gasteiger partial charge in [0.1, 0.15) is 11.9 Å². The molecule has 0 aromatic carbocycles. The zero-order valence-electron chi connectivity index (χ0n) is 15.7. The predicted octanol–water partition coefficient (Wildman–Crippen LogP) is 3.61. The third-order valence-electron chi connectivity index (χ3n) is 4.74. The molecule has 1 saturated carbocycles. The Kier molecular flexibility index (Phi) is 5.00. The standard InChI is InChI=1S/C20H24N6O/c1-14-10-15(2)26(25-14)19-13-21-12-18(24-19)23-11-16-6-5-9-22-20(16)27-17-7-3-4-8-17/h5-6,9-10,12-13,17H,3-4,7-8,11H2,1-2H3,(H,23,24). The molecule has 0 aliphatic heterocycles. The van der Waals surface area contributed by atoms with Crippen LogP contribution in [-0.4, -0.2) is 30.8 Å². The molecular weight excluding hydrogens is 340 g/mol. The summed E-state index contributed by atoms with van der Waals surface area (Å²) in [6.45, 7) is 4.54. The number of anilines is 1. The molecule has 7 heteroatoms. The van der Waals surface area contributed by atoms with E-state index in [0.717, 1.165) is 29.8 Å². The lowest BCUT2D eigenvalue weighted by Gasteiger charge is -2.15. The van der Waals surface area contributed by atoms with Gasteiger partial charge in [0.05, 0.1) is 18.1 Å². The van der Waals surface area contributed by atoms with Crippen molar-refractivity contribution >= 4 is 5.82 Å². The predicted molar refractivity (Wildman–Crippen MR) is 103 cm³/mol. The van der Waals surface area contributed by atoms with E-state index in [4.69, 9.17) is 4.74 Å². The van der Waals surface area contributed by atoms with Crippen molar-refractivity contribution in [3.05, 3.63) is 53.7 Å². The first-order chi connectivity index (χ1) is 13.2. The van der Waals surface area contributed by atoms with E-state index < -0.39 is 0 Å². The Morgan fingerprint density at radius 2 is 2.07 bits per heavy atom. The molecule has 1 N–H and O–H groups in total. The molecule has 1 aliphatic carbocycles. The summed E-state index contributed by atoms with van der Waals surface area (Å²) in [5, 5.41) is 7.80. The molecule has 0 amide bonds. The SMILES string of the molecule is Cc1cc(C)n(-c2cncc(NCc3cccnc3OC3CCCC3)n2)n1. The summed E-state index contributed by atoms with van der Waals surface area (Å²) >= 11 is 0. The second-order valence-corrected chi connectivity index (χ2v) is 6.95. The molecule has 7 nitrogen and oxygen atoms in total.